The van der Waals surface area contributed by atoms with E-state index in [-0.39, 0.29) is 26.5 Å². The van der Waals surface area contributed by atoms with E-state index in [9.17, 15) is 0 Å². The van der Waals surface area contributed by atoms with Gasteiger partial charge in [-0.25, -0.2) is 4.98 Å². The summed E-state index contributed by atoms with van der Waals surface area (Å²) in [5, 5.41) is 0. The number of benzene rings is 5. The van der Waals surface area contributed by atoms with Crippen molar-refractivity contribution in [3.05, 3.63) is 146 Å². The molecule has 0 spiro atoms. The first-order valence-electron chi connectivity index (χ1n) is 17.7. The number of ether oxygens (including phenoxy) is 1. The van der Waals surface area contributed by atoms with Crippen LogP contribution in [0.1, 0.15) is 52.0 Å². The molecule has 5 nitrogen and oxygen atoms in total. The van der Waals surface area contributed by atoms with Crippen LogP contribution in [0.15, 0.2) is 121 Å². The molecular formula is C45H39N4OPt-3. The first-order chi connectivity index (χ1) is 24.4. The average molecular weight is 847 g/mol. The van der Waals surface area contributed by atoms with Gasteiger partial charge in [-0.3, -0.25) is 0 Å². The number of hydrogen-bond acceptors (Lipinski definition) is 5. The largest absolute Gasteiger partial charge is 0.509 e. The molecule has 1 aromatic heterocycles. The zero-order valence-corrected chi connectivity index (χ0v) is 31.3. The molecule has 258 valence electrons. The van der Waals surface area contributed by atoms with Gasteiger partial charge in [0.1, 0.15) is 5.82 Å². The molecule has 1 saturated carbocycles. The van der Waals surface area contributed by atoms with Crippen LogP contribution in [0.5, 0.6) is 11.5 Å². The number of nitrogens with zero attached hydrogens (tertiary/aromatic N) is 4. The van der Waals surface area contributed by atoms with E-state index in [2.05, 4.69) is 151 Å². The number of anilines is 6. The van der Waals surface area contributed by atoms with Gasteiger partial charge in [-0.1, -0.05) is 99.5 Å². The van der Waals surface area contributed by atoms with Gasteiger partial charge < -0.3 is 19.4 Å². The van der Waals surface area contributed by atoms with Crippen LogP contribution < -0.4 is 19.4 Å². The van der Waals surface area contributed by atoms with Crippen molar-refractivity contribution in [2.45, 2.75) is 57.9 Å². The van der Waals surface area contributed by atoms with Gasteiger partial charge in [0.05, 0.1) is 5.69 Å². The van der Waals surface area contributed by atoms with Gasteiger partial charge in [0.2, 0.25) is 0 Å². The summed E-state index contributed by atoms with van der Waals surface area (Å²) >= 11 is 0. The molecule has 1 fully saturated rings. The second-order valence-electron chi connectivity index (χ2n) is 14.5. The van der Waals surface area contributed by atoms with E-state index in [1.165, 1.54) is 48.2 Å². The number of aromatic nitrogens is 1. The van der Waals surface area contributed by atoms with E-state index < -0.39 is 0 Å². The summed E-state index contributed by atoms with van der Waals surface area (Å²) in [4.78, 5) is 11.9. The van der Waals surface area contributed by atoms with Gasteiger partial charge in [-0.05, 0) is 59.7 Å². The van der Waals surface area contributed by atoms with E-state index in [1.54, 1.807) is 0 Å². The van der Waals surface area contributed by atoms with Crippen molar-refractivity contribution in [1.29, 1.82) is 0 Å². The average Bonchev–Trinajstić information content (AvgIpc) is 3.79. The molecule has 0 bridgehead atoms. The van der Waals surface area contributed by atoms with Crippen LogP contribution in [0, 0.1) is 18.8 Å². The molecule has 0 amide bonds. The van der Waals surface area contributed by atoms with Crippen LogP contribution in [0.3, 0.4) is 0 Å². The molecule has 0 unspecified atom stereocenters. The Bertz CT molecular complexity index is 2220. The number of fused-ring (bicyclic) bond motifs is 6. The minimum Gasteiger partial charge on any atom is -0.509 e. The van der Waals surface area contributed by atoms with Crippen LogP contribution in [-0.2, 0) is 26.5 Å². The van der Waals surface area contributed by atoms with Crippen LogP contribution in [0.2, 0.25) is 0 Å². The molecule has 6 heteroatoms. The van der Waals surface area contributed by atoms with Crippen LogP contribution >= 0.6 is 0 Å². The Morgan fingerprint density at radius 2 is 1.35 bits per heavy atom. The van der Waals surface area contributed by atoms with Gasteiger partial charge in [0.25, 0.3) is 0 Å². The molecular weight excluding hydrogens is 808 g/mol. The normalized spacial score (nSPS) is 15.0. The number of hydrogen-bond donors (Lipinski definition) is 0. The summed E-state index contributed by atoms with van der Waals surface area (Å²) in [6, 6.07) is 48.2. The molecule has 5 aromatic carbocycles. The SMILES string of the molecule is CC(C)(C)c1ccnc(N2c3[c-]c(Oc4[c-]c(N5[CH-]N(C6CCCC6)c6ccccc65)ccc4)ccc3-c3ccccc3-c3ccccc32)c1.[Pt]. The van der Waals surface area contributed by atoms with Gasteiger partial charge in [-0.2, -0.15) is 18.8 Å². The predicted molar refractivity (Wildman–Crippen MR) is 204 cm³/mol. The Morgan fingerprint density at radius 3 is 2.12 bits per heavy atom. The molecule has 2 aliphatic heterocycles. The Hall–Kier alpha value is -4.86. The van der Waals surface area contributed by atoms with E-state index in [1.807, 2.05) is 24.4 Å². The molecule has 3 heterocycles. The van der Waals surface area contributed by atoms with E-state index in [0.29, 0.717) is 17.5 Å². The zero-order valence-electron chi connectivity index (χ0n) is 29.0. The van der Waals surface area contributed by atoms with E-state index in [0.717, 1.165) is 39.6 Å². The van der Waals surface area contributed by atoms with Crippen molar-refractivity contribution in [3.63, 3.8) is 0 Å². The molecule has 0 N–H and O–H groups in total. The van der Waals surface area contributed by atoms with Gasteiger partial charge >= 0.3 is 0 Å². The molecule has 1 aliphatic carbocycles. The van der Waals surface area contributed by atoms with Crippen molar-refractivity contribution in [1.82, 2.24) is 4.98 Å². The first-order valence-corrected chi connectivity index (χ1v) is 17.7. The van der Waals surface area contributed by atoms with E-state index >= 15 is 0 Å². The summed E-state index contributed by atoms with van der Waals surface area (Å²) < 4.78 is 6.63. The number of para-hydroxylation sites is 3. The molecule has 3 aliphatic rings. The quantitative estimate of drug-likeness (QED) is 0.161. The fraction of sp³-hybridized carbons (Fsp3) is 0.200. The zero-order chi connectivity index (χ0) is 33.8. The predicted octanol–water partition coefficient (Wildman–Crippen LogP) is 11.9. The fourth-order valence-corrected chi connectivity index (χ4v) is 7.69. The topological polar surface area (TPSA) is 31.8 Å². The molecule has 51 heavy (non-hydrogen) atoms. The summed E-state index contributed by atoms with van der Waals surface area (Å²) in [6.07, 6.45) is 6.94. The van der Waals surface area contributed by atoms with Crippen molar-refractivity contribution in [2.75, 3.05) is 14.7 Å². The summed E-state index contributed by atoms with van der Waals surface area (Å²) in [5.41, 5.74) is 11.0. The standard InChI is InChI=1S/C45H39N4O.Pt/c1-45(2,3)31-25-26-46-44(27-31)49-40-20-9-8-19-38(40)36-17-6-7-18-37(36)39-24-23-35(29-43(39)49)50-34-16-12-15-33(28-34)48-30-47(32-13-4-5-14-32)41-21-10-11-22-42(41)48;/h6-12,15-27,30,32H,4-5,13-14H2,1-3H3;/q-3;. The monoisotopic (exact) mass is 846 g/mol. The fourth-order valence-electron chi connectivity index (χ4n) is 7.69. The summed E-state index contributed by atoms with van der Waals surface area (Å²) in [6.45, 7) is 8.95. The number of pyridine rings is 1. The maximum absolute atomic E-state index is 6.63. The van der Waals surface area contributed by atoms with Crippen LogP contribution in [0.4, 0.5) is 34.3 Å². The maximum Gasteiger partial charge on any atom is 0.135 e. The third kappa shape index (κ3) is 6.02. The van der Waals surface area contributed by atoms with Gasteiger partial charge in [-0.15, -0.1) is 41.6 Å². The first kappa shape index (κ1) is 33.3. The Morgan fingerprint density at radius 1 is 0.686 bits per heavy atom. The van der Waals surface area contributed by atoms with Crippen LogP contribution in [0.25, 0.3) is 22.3 Å². The third-order valence-electron chi connectivity index (χ3n) is 10.2. The summed E-state index contributed by atoms with van der Waals surface area (Å²) in [7, 11) is 0. The maximum atomic E-state index is 6.63. The Balaban J connectivity index is 0.00000374. The van der Waals surface area contributed by atoms with Crippen LogP contribution in [-0.4, -0.2) is 11.0 Å². The Kier molecular flexibility index (Phi) is 8.72. The number of rotatable bonds is 5. The van der Waals surface area contributed by atoms with Crippen molar-refractivity contribution < 1.29 is 25.8 Å². The molecule has 6 aromatic rings. The molecule has 9 rings (SSSR count). The van der Waals surface area contributed by atoms with Gasteiger partial charge in [0.15, 0.2) is 0 Å². The molecule has 0 atom stereocenters. The van der Waals surface area contributed by atoms with E-state index in [4.69, 9.17) is 9.72 Å². The third-order valence-corrected chi connectivity index (χ3v) is 10.2. The second-order valence-corrected chi connectivity index (χ2v) is 14.5. The van der Waals surface area contributed by atoms with Crippen molar-refractivity contribution in [2.24, 2.45) is 0 Å². The smallest absolute Gasteiger partial charge is 0.135 e. The van der Waals surface area contributed by atoms with Crippen molar-refractivity contribution in [3.8, 4) is 33.8 Å². The Labute approximate surface area is 315 Å². The second kappa shape index (κ2) is 13.4. The summed E-state index contributed by atoms with van der Waals surface area (Å²) in [5.74, 6) is 2.10. The molecule has 0 radical (unpaired) electrons. The minimum absolute atomic E-state index is 0. The van der Waals surface area contributed by atoms with Crippen molar-refractivity contribution >= 4 is 34.3 Å². The van der Waals surface area contributed by atoms with Gasteiger partial charge in [0, 0.05) is 61.7 Å². The minimum atomic E-state index is -0.0359. The molecule has 0 saturated heterocycles.